The highest BCUT2D eigenvalue weighted by atomic mass is 35.5. The van der Waals surface area contributed by atoms with Gasteiger partial charge in [0.25, 0.3) is 0 Å². The maximum atomic E-state index is 13.6. The van der Waals surface area contributed by atoms with Crippen molar-refractivity contribution in [2.24, 2.45) is 0 Å². The van der Waals surface area contributed by atoms with Gasteiger partial charge in [-0.25, -0.2) is 4.39 Å². The van der Waals surface area contributed by atoms with Gasteiger partial charge in [-0.3, -0.25) is 9.78 Å². The molecule has 4 rings (SSSR count). The van der Waals surface area contributed by atoms with Crippen LogP contribution in [-0.4, -0.2) is 45.6 Å². The van der Waals surface area contributed by atoms with Gasteiger partial charge in [-0.05, 0) is 29.8 Å². The number of pyridine rings is 1. The first-order valence-corrected chi connectivity index (χ1v) is 9.19. The molecule has 30 heavy (non-hydrogen) atoms. The van der Waals surface area contributed by atoms with E-state index in [-0.39, 0.29) is 49.0 Å². The Hall–Kier alpha value is -2.55. The Morgan fingerprint density at radius 3 is 2.80 bits per heavy atom. The van der Waals surface area contributed by atoms with Crippen molar-refractivity contribution in [1.29, 1.82) is 0 Å². The molecule has 3 aromatic rings. The maximum Gasteiger partial charge on any atom is 0.227 e. The minimum atomic E-state index is -0.301. The monoisotopic (exact) mass is 453 g/mol. The fourth-order valence-electron chi connectivity index (χ4n) is 3.35. The molecule has 0 aliphatic carbocycles. The van der Waals surface area contributed by atoms with Crippen molar-refractivity contribution >= 4 is 30.7 Å². The smallest absolute Gasteiger partial charge is 0.227 e. The van der Waals surface area contributed by atoms with Crippen LogP contribution in [0.4, 0.5) is 4.39 Å². The number of nitrogens with zero attached hydrogens (tertiary/aromatic N) is 4. The molecule has 1 aromatic carbocycles. The quantitative estimate of drug-likeness (QED) is 0.638. The van der Waals surface area contributed by atoms with Crippen molar-refractivity contribution in [1.82, 2.24) is 25.3 Å². The molecule has 0 bridgehead atoms. The first-order chi connectivity index (χ1) is 13.7. The Labute approximate surface area is 185 Å². The van der Waals surface area contributed by atoms with Gasteiger partial charge in [0, 0.05) is 50.4 Å². The van der Waals surface area contributed by atoms with E-state index in [1.165, 1.54) is 12.1 Å². The van der Waals surface area contributed by atoms with E-state index in [9.17, 15) is 9.18 Å². The van der Waals surface area contributed by atoms with Crippen LogP contribution in [-0.2, 0) is 11.2 Å². The molecule has 160 valence electrons. The highest BCUT2D eigenvalue weighted by Crippen LogP contribution is 2.24. The molecule has 1 N–H and O–H groups in total. The van der Waals surface area contributed by atoms with Gasteiger partial charge in [-0.15, -0.1) is 24.8 Å². The van der Waals surface area contributed by atoms with Gasteiger partial charge in [-0.2, -0.15) is 4.98 Å². The zero-order valence-electron chi connectivity index (χ0n) is 16.0. The number of carbonyl (C=O) groups is 1. The van der Waals surface area contributed by atoms with E-state index in [0.29, 0.717) is 37.8 Å². The number of benzene rings is 1. The zero-order chi connectivity index (χ0) is 19.3. The SMILES string of the molecule is Cl.Cl.O=C(CCc1nc(-c2ccncc2)no1)N1CCNCC1c1cccc(F)c1. The Bertz CT molecular complexity index is 957. The Morgan fingerprint density at radius 2 is 2.03 bits per heavy atom. The molecule has 2 aromatic heterocycles. The van der Waals surface area contributed by atoms with Crippen molar-refractivity contribution in [2.75, 3.05) is 19.6 Å². The molecule has 1 unspecified atom stereocenters. The molecule has 10 heteroatoms. The molecule has 1 aliphatic heterocycles. The van der Waals surface area contributed by atoms with Gasteiger partial charge in [0.15, 0.2) is 0 Å². The standard InChI is InChI=1S/C20H20FN5O2.2ClH/c21-16-3-1-2-15(12-16)17-13-23-10-11-26(17)19(27)5-4-18-24-20(25-28-18)14-6-8-22-9-7-14;;/h1-3,6-9,12,17,23H,4-5,10-11,13H2;2*1H. The summed E-state index contributed by atoms with van der Waals surface area (Å²) < 4.78 is 18.9. The largest absolute Gasteiger partial charge is 0.339 e. The molecule has 1 fully saturated rings. The average Bonchev–Trinajstić information content (AvgIpc) is 3.22. The average molecular weight is 454 g/mol. The maximum absolute atomic E-state index is 13.6. The first kappa shape index (κ1) is 23.7. The lowest BCUT2D eigenvalue weighted by atomic mass is 10.0. The summed E-state index contributed by atoms with van der Waals surface area (Å²) in [4.78, 5) is 22.9. The number of nitrogens with one attached hydrogen (secondary N) is 1. The summed E-state index contributed by atoms with van der Waals surface area (Å²) in [6.45, 7) is 1.89. The van der Waals surface area contributed by atoms with Crippen molar-refractivity contribution < 1.29 is 13.7 Å². The summed E-state index contributed by atoms with van der Waals surface area (Å²) in [7, 11) is 0. The summed E-state index contributed by atoms with van der Waals surface area (Å²) in [5.74, 6) is 0.576. The third kappa shape index (κ3) is 5.53. The number of aromatic nitrogens is 3. The normalized spacial score (nSPS) is 15.8. The highest BCUT2D eigenvalue weighted by molar-refractivity contribution is 5.85. The number of rotatable bonds is 5. The molecule has 0 spiro atoms. The minimum absolute atomic E-state index is 0. The van der Waals surface area contributed by atoms with E-state index in [1.807, 2.05) is 6.07 Å². The van der Waals surface area contributed by atoms with Crippen molar-refractivity contribution in [3.63, 3.8) is 0 Å². The third-order valence-electron chi connectivity index (χ3n) is 4.76. The summed E-state index contributed by atoms with van der Waals surface area (Å²) in [6, 6.07) is 9.81. The predicted octanol–water partition coefficient (Wildman–Crippen LogP) is 3.22. The highest BCUT2D eigenvalue weighted by Gasteiger charge is 2.28. The van der Waals surface area contributed by atoms with Gasteiger partial charge in [0.05, 0.1) is 6.04 Å². The second-order valence-corrected chi connectivity index (χ2v) is 6.61. The molecule has 3 heterocycles. The molecule has 1 amide bonds. The molecular formula is C20H22Cl2FN5O2. The number of hydrogen-bond donors (Lipinski definition) is 1. The topological polar surface area (TPSA) is 84.1 Å². The summed E-state index contributed by atoms with van der Waals surface area (Å²) in [6.07, 6.45) is 3.93. The first-order valence-electron chi connectivity index (χ1n) is 9.19. The van der Waals surface area contributed by atoms with E-state index in [4.69, 9.17) is 4.52 Å². The number of hydrogen-bond acceptors (Lipinski definition) is 6. The minimum Gasteiger partial charge on any atom is -0.339 e. The Balaban J connectivity index is 0.00000160. The number of aryl methyl sites for hydroxylation is 1. The number of carbonyl (C=O) groups excluding carboxylic acids is 1. The van der Waals surface area contributed by atoms with Crippen LogP contribution in [0.1, 0.15) is 23.9 Å². The molecule has 1 aliphatic rings. The van der Waals surface area contributed by atoms with Gasteiger partial charge in [-0.1, -0.05) is 17.3 Å². The molecule has 1 saturated heterocycles. The van der Waals surface area contributed by atoms with Crippen molar-refractivity contribution in [2.45, 2.75) is 18.9 Å². The third-order valence-corrected chi connectivity index (χ3v) is 4.76. The van der Waals surface area contributed by atoms with Crippen LogP contribution in [0.2, 0.25) is 0 Å². The zero-order valence-corrected chi connectivity index (χ0v) is 17.7. The van der Waals surface area contributed by atoms with Gasteiger partial charge in [0.2, 0.25) is 17.6 Å². The van der Waals surface area contributed by atoms with E-state index in [1.54, 1.807) is 35.5 Å². The second kappa shape index (κ2) is 11.0. The molecular weight excluding hydrogens is 432 g/mol. The van der Waals surface area contributed by atoms with Gasteiger partial charge in [0.1, 0.15) is 5.82 Å². The van der Waals surface area contributed by atoms with Crippen molar-refractivity contribution in [3.05, 3.63) is 66.1 Å². The fourth-order valence-corrected chi connectivity index (χ4v) is 3.35. The molecule has 0 radical (unpaired) electrons. The number of amides is 1. The second-order valence-electron chi connectivity index (χ2n) is 6.61. The van der Waals surface area contributed by atoms with E-state index >= 15 is 0 Å². The van der Waals surface area contributed by atoms with Gasteiger partial charge < -0.3 is 14.7 Å². The van der Waals surface area contributed by atoms with Crippen LogP contribution in [0.15, 0.2) is 53.3 Å². The van der Waals surface area contributed by atoms with Crippen LogP contribution in [0.25, 0.3) is 11.4 Å². The van der Waals surface area contributed by atoms with Crippen LogP contribution in [0.3, 0.4) is 0 Å². The number of piperazine rings is 1. The van der Waals surface area contributed by atoms with Crippen LogP contribution in [0.5, 0.6) is 0 Å². The van der Waals surface area contributed by atoms with Crippen LogP contribution >= 0.6 is 24.8 Å². The summed E-state index contributed by atoms with van der Waals surface area (Å²) in [5.41, 5.74) is 1.60. The summed E-state index contributed by atoms with van der Waals surface area (Å²) in [5, 5.41) is 7.23. The lowest BCUT2D eigenvalue weighted by Gasteiger charge is -2.36. The Kier molecular flexibility index (Phi) is 8.71. The number of halogens is 3. The molecule has 7 nitrogen and oxygen atoms in total. The van der Waals surface area contributed by atoms with E-state index in [2.05, 4.69) is 20.4 Å². The van der Waals surface area contributed by atoms with E-state index in [0.717, 1.165) is 11.1 Å². The van der Waals surface area contributed by atoms with Crippen LogP contribution in [0, 0.1) is 5.82 Å². The van der Waals surface area contributed by atoms with E-state index < -0.39 is 0 Å². The summed E-state index contributed by atoms with van der Waals surface area (Å²) >= 11 is 0. The Morgan fingerprint density at radius 1 is 1.23 bits per heavy atom. The predicted molar refractivity (Wildman–Crippen MR) is 114 cm³/mol. The van der Waals surface area contributed by atoms with Crippen molar-refractivity contribution in [3.8, 4) is 11.4 Å². The fraction of sp³-hybridized carbons (Fsp3) is 0.300. The molecule has 0 saturated carbocycles. The lowest BCUT2D eigenvalue weighted by Crippen LogP contribution is -2.48. The van der Waals surface area contributed by atoms with Gasteiger partial charge >= 0.3 is 0 Å². The van der Waals surface area contributed by atoms with Crippen LogP contribution < -0.4 is 5.32 Å². The lowest BCUT2D eigenvalue weighted by molar-refractivity contribution is -0.134. The molecule has 1 atom stereocenters.